The van der Waals surface area contributed by atoms with Crippen molar-refractivity contribution in [1.82, 2.24) is 10.2 Å². The summed E-state index contributed by atoms with van der Waals surface area (Å²) in [5, 5.41) is 7.84. The summed E-state index contributed by atoms with van der Waals surface area (Å²) in [6.07, 6.45) is 2.30. The zero-order valence-electron chi connectivity index (χ0n) is 5.49. The standard InChI is InChI=1S/C5H9N3OS/c6-2-1-3-10-5-8-7-4-9-5/h4H,1-3,6H2. The van der Waals surface area contributed by atoms with Gasteiger partial charge in [0.25, 0.3) is 5.22 Å². The van der Waals surface area contributed by atoms with E-state index in [9.17, 15) is 0 Å². The predicted molar refractivity (Wildman–Crippen MR) is 38.7 cm³/mol. The highest BCUT2D eigenvalue weighted by Crippen LogP contribution is 2.13. The minimum absolute atomic E-state index is 0.619. The van der Waals surface area contributed by atoms with Gasteiger partial charge >= 0.3 is 0 Å². The zero-order valence-corrected chi connectivity index (χ0v) is 6.30. The van der Waals surface area contributed by atoms with Gasteiger partial charge in [0.1, 0.15) is 0 Å². The quantitative estimate of drug-likeness (QED) is 0.512. The van der Waals surface area contributed by atoms with Crippen LogP contribution < -0.4 is 5.73 Å². The Morgan fingerprint density at radius 2 is 2.60 bits per heavy atom. The Labute approximate surface area is 63.2 Å². The predicted octanol–water partition coefficient (Wildman–Crippen LogP) is 0.511. The molecule has 0 radical (unpaired) electrons. The third-order valence-electron chi connectivity index (χ3n) is 0.914. The molecule has 0 amide bonds. The Kier molecular flexibility index (Phi) is 3.25. The molecule has 1 heterocycles. The van der Waals surface area contributed by atoms with Crippen LogP contribution in [-0.4, -0.2) is 22.5 Å². The first-order valence-corrected chi connectivity index (χ1v) is 4.01. The van der Waals surface area contributed by atoms with Crippen LogP contribution in [0, 0.1) is 0 Å². The summed E-state index contributed by atoms with van der Waals surface area (Å²) >= 11 is 1.53. The molecule has 0 aromatic carbocycles. The molecule has 2 N–H and O–H groups in total. The van der Waals surface area contributed by atoms with E-state index in [4.69, 9.17) is 10.2 Å². The molecule has 0 saturated carbocycles. The van der Waals surface area contributed by atoms with Crippen molar-refractivity contribution in [3.63, 3.8) is 0 Å². The minimum Gasteiger partial charge on any atom is -0.419 e. The largest absolute Gasteiger partial charge is 0.419 e. The molecule has 56 valence electrons. The summed E-state index contributed by atoms with van der Waals surface area (Å²) in [6, 6.07) is 0. The van der Waals surface area contributed by atoms with Gasteiger partial charge in [-0.2, -0.15) is 0 Å². The van der Waals surface area contributed by atoms with Crippen LogP contribution in [0.15, 0.2) is 16.0 Å². The van der Waals surface area contributed by atoms with Crippen LogP contribution in [0.4, 0.5) is 0 Å². The van der Waals surface area contributed by atoms with Gasteiger partial charge in [0, 0.05) is 5.75 Å². The van der Waals surface area contributed by atoms with Gasteiger partial charge in [-0.05, 0) is 13.0 Å². The second-order valence-corrected chi connectivity index (χ2v) is 2.74. The normalized spacial score (nSPS) is 10.1. The first kappa shape index (κ1) is 7.56. The van der Waals surface area contributed by atoms with Crippen LogP contribution in [0.3, 0.4) is 0 Å². The number of rotatable bonds is 4. The molecule has 0 saturated heterocycles. The van der Waals surface area contributed by atoms with Crippen molar-refractivity contribution < 1.29 is 4.42 Å². The van der Waals surface area contributed by atoms with Crippen molar-refractivity contribution in [3.05, 3.63) is 6.39 Å². The molecule has 0 aliphatic rings. The lowest BCUT2D eigenvalue weighted by atomic mass is 10.5. The Balaban J connectivity index is 2.15. The van der Waals surface area contributed by atoms with Gasteiger partial charge in [-0.15, -0.1) is 10.2 Å². The van der Waals surface area contributed by atoms with E-state index in [2.05, 4.69) is 10.2 Å². The lowest BCUT2D eigenvalue weighted by molar-refractivity contribution is 0.453. The van der Waals surface area contributed by atoms with Crippen molar-refractivity contribution in [2.45, 2.75) is 11.6 Å². The summed E-state index contributed by atoms with van der Waals surface area (Å²) in [6.45, 7) is 0.709. The maximum Gasteiger partial charge on any atom is 0.276 e. The SMILES string of the molecule is NCCCSc1nnco1. The minimum atomic E-state index is 0.619. The first-order chi connectivity index (χ1) is 4.93. The monoisotopic (exact) mass is 159 g/mol. The second-order valence-electron chi connectivity index (χ2n) is 1.70. The Morgan fingerprint density at radius 1 is 1.70 bits per heavy atom. The molecule has 0 atom stereocenters. The van der Waals surface area contributed by atoms with Gasteiger partial charge in [-0.3, -0.25) is 0 Å². The fraction of sp³-hybridized carbons (Fsp3) is 0.600. The van der Waals surface area contributed by atoms with E-state index in [1.807, 2.05) is 0 Å². The third-order valence-corrected chi connectivity index (χ3v) is 1.83. The summed E-state index contributed by atoms with van der Waals surface area (Å²) in [5.41, 5.74) is 5.29. The van der Waals surface area contributed by atoms with Crippen molar-refractivity contribution in [1.29, 1.82) is 0 Å². The molecule has 0 spiro atoms. The molecule has 10 heavy (non-hydrogen) atoms. The number of nitrogens with zero attached hydrogens (tertiary/aromatic N) is 2. The van der Waals surface area contributed by atoms with E-state index in [0.29, 0.717) is 11.8 Å². The number of hydrogen-bond donors (Lipinski definition) is 1. The summed E-state index contributed by atoms with van der Waals surface area (Å²) < 4.78 is 4.88. The summed E-state index contributed by atoms with van der Waals surface area (Å²) in [5.74, 6) is 0.943. The average molecular weight is 159 g/mol. The van der Waals surface area contributed by atoms with Crippen molar-refractivity contribution >= 4 is 11.8 Å². The van der Waals surface area contributed by atoms with Crippen molar-refractivity contribution in [3.8, 4) is 0 Å². The lowest BCUT2D eigenvalue weighted by Crippen LogP contribution is -1.99. The molecule has 5 heteroatoms. The third kappa shape index (κ3) is 2.36. The molecule has 1 aromatic heterocycles. The highest BCUT2D eigenvalue weighted by atomic mass is 32.2. The fourth-order valence-electron chi connectivity index (χ4n) is 0.469. The molecular weight excluding hydrogens is 150 g/mol. The first-order valence-electron chi connectivity index (χ1n) is 3.02. The Morgan fingerprint density at radius 3 is 3.20 bits per heavy atom. The van der Waals surface area contributed by atoms with Crippen LogP contribution in [0.25, 0.3) is 0 Å². The maximum atomic E-state index is 5.29. The van der Waals surface area contributed by atoms with Crippen molar-refractivity contribution in [2.75, 3.05) is 12.3 Å². The van der Waals surface area contributed by atoms with Crippen molar-refractivity contribution in [2.24, 2.45) is 5.73 Å². The molecule has 0 aliphatic heterocycles. The highest BCUT2D eigenvalue weighted by Gasteiger charge is 1.96. The average Bonchev–Trinajstić information content (AvgIpc) is 2.41. The number of hydrogen-bond acceptors (Lipinski definition) is 5. The van der Waals surface area contributed by atoms with Gasteiger partial charge in [-0.25, -0.2) is 0 Å². The molecule has 1 aromatic rings. The molecule has 0 fully saturated rings. The van der Waals surface area contributed by atoms with Crippen LogP contribution >= 0.6 is 11.8 Å². The maximum absolute atomic E-state index is 5.29. The van der Waals surface area contributed by atoms with E-state index < -0.39 is 0 Å². The van der Waals surface area contributed by atoms with E-state index in [-0.39, 0.29) is 0 Å². The molecule has 0 bridgehead atoms. The van der Waals surface area contributed by atoms with E-state index in [0.717, 1.165) is 12.2 Å². The smallest absolute Gasteiger partial charge is 0.276 e. The topological polar surface area (TPSA) is 64.9 Å². The Bertz CT molecular complexity index is 165. The summed E-state index contributed by atoms with van der Waals surface area (Å²) in [7, 11) is 0. The van der Waals surface area contributed by atoms with Gasteiger partial charge in [0.05, 0.1) is 0 Å². The van der Waals surface area contributed by atoms with Crippen LogP contribution in [0.1, 0.15) is 6.42 Å². The van der Waals surface area contributed by atoms with Gasteiger partial charge in [0.15, 0.2) is 0 Å². The summed E-state index contributed by atoms with van der Waals surface area (Å²) in [4.78, 5) is 0. The lowest BCUT2D eigenvalue weighted by Gasteiger charge is -1.90. The van der Waals surface area contributed by atoms with E-state index in [1.165, 1.54) is 18.2 Å². The second kappa shape index (κ2) is 4.29. The van der Waals surface area contributed by atoms with Crippen LogP contribution in [0.5, 0.6) is 0 Å². The molecule has 4 nitrogen and oxygen atoms in total. The van der Waals surface area contributed by atoms with E-state index >= 15 is 0 Å². The number of thioether (sulfide) groups is 1. The van der Waals surface area contributed by atoms with Gasteiger partial charge < -0.3 is 10.2 Å². The van der Waals surface area contributed by atoms with Gasteiger partial charge in [-0.1, -0.05) is 11.8 Å². The van der Waals surface area contributed by atoms with Crippen LogP contribution in [0.2, 0.25) is 0 Å². The molecular formula is C5H9N3OS. The van der Waals surface area contributed by atoms with E-state index in [1.54, 1.807) is 0 Å². The highest BCUT2D eigenvalue weighted by molar-refractivity contribution is 7.99. The molecule has 1 rings (SSSR count). The molecule has 0 aliphatic carbocycles. The molecule has 0 unspecified atom stereocenters. The zero-order chi connectivity index (χ0) is 7.23. The van der Waals surface area contributed by atoms with Crippen LogP contribution in [-0.2, 0) is 0 Å². The fourth-order valence-corrected chi connectivity index (χ4v) is 1.17. The Hall–Kier alpha value is -0.550. The number of aromatic nitrogens is 2. The van der Waals surface area contributed by atoms with Gasteiger partial charge in [0.2, 0.25) is 6.39 Å². The number of nitrogens with two attached hydrogens (primary N) is 1.